The number of carbonyl (C=O) groups is 1. The lowest BCUT2D eigenvalue weighted by Gasteiger charge is -2.27. The quantitative estimate of drug-likeness (QED) is 0.619. The van der Waals surface area contributed by atoms with Crippen LogP contribution in [0.3, 0.4) is 0 Å². The van der Waals surface area contributed by atoms with Crippen LogP contribution in [0.4, 0.5) is 5.82 Å². The van der Waals surface area contributed by atoms with E-state index in [1.54, 1.807) is 6.07 Å². The Morgan fingerprint density at radius 3 is 2.83 bits per heavy atom. The number of Topliss-reactive ketones (excluding diaryl/α,β-unsaturated/α-hetero) is 1. The van der Waals surface area contributed by atoms with Gasteiger partial charge in [-0.25, -0.2) is 4.98 Å². The van der Waals surface area contributed by atoms with E-state index in [0.29, 0.717) is 17.2 Å². The largest absolute Gasteiger partial charge is 0.354 e. The summed E-state index contributed by atoms with van der Waals surface area (Å²) < 4.78 is 1.36. The van der Waals surface area contributed by atoms with Crippen molar-refractivity contribution in [3.63, 3.8) is 0 Å². The third-order valence-electron chi connectivity index (χ3n) is 5.14. The molecule has 3 N–H and O–H groups in total. The summed E-state index contributed by atoms with van der Waals surface area (Å²) in [4.78, 5) is 31.9. The first kappa shape index (κ1) is 19.7. The van der Waals surface area contributed by atoms with E-state index in [1.807, 2.05) is 18.2 Å². The number of aromatic nitrogens is 3. The van der Waals surface area contributed by atoms with Gasteiger partial charge in [-0.15, -0.1) is 0 Å². The minimum atomic E-state index is -0.182. The predicted octanol–water partition coefficient (Wildman–Crippen LogP) is 0.860. The van der Waals surface area contributed by atoms with Crippen molar-refractivity contribution < 1.29 is 4.79 Å². The van der Waals surface area contributed by atoms with Gasteiger partial charge in [0.15, 0.2) is 5.78 Å². The molecular weight excluding hydrogens is 388 g/mol. The van der Waals surface area contributed by atoms with Gasteiger partial charge in [-0.1, -0.05) is 36.5 Å². The lowest BCUT2D eigenvalue weighted by atomic mass is 9.95. The number of carbonyl (C=O) groups excluding carboxylic acids is 1. The number of nitrogens with one attached hydrogen (secondary N) is 1. The monoisotopic (exact) mass is 412 g/mol. The summed E-state index contributed by atoms with van der Waals surface area (Å²) in [6, 6.07) is 7.41. The van der Waals surface area contributed by atoms with Gasteiger partial charge in [0, 0.05) is 44.2 Å². The SMILES string of the molecule is CCc1c(CC(=O)CN)cccc1-c1nn2c(=O)cc(N3CCNCC3)nc2s1. The smallest absolute Gasteiger partial charge is 0.277 e. The van der Waals surface area contributed by atoms with Gasteiger partial charge in [0.2, 0.25) is 4.96 Å². The number of piperazine rings is 1. The molecule has 29 heavy (non-hydrogen) atoms. The molecule has 0 bridgehead atoms. The van der Waals surface area contributed by atoms with Crippen LogP contribution in [0.2, 0.25) is 0 Å². The second-order valence-electron chi connectivity index (χ2n) is 7.01. The molecule has 1 aromatic carbocycles. The summed E-state index contributed by atoms with van der Waals surface area (Å²) >= 11 is 1.39. The van der Waals surface area contributed by atoms with Crippen LogP contribution < -0.4 is 21.5 Å². The molecule has 0 unspecified atom stereocenters. The highest BCUT2D eigenvalue weighted by molar-refractivity contribution is 7.19. The van der Waals surface area contributed by atoms with E-state index in [4.69, 9.17) is 10.7 Å². The molecule has 0 radical (unpaired) electrons. The van der Waals surface area contributed by atoms with Crippen LogP contribution in [0.25, 0.3) is 15.5 Å². The second-order valence-corrected chi connectivity index (χ2v) is 7.96. The zero-order valence-electron chi connectivity index (χ0n) is 16.4. The molecule has 1 saturated heterocycles. The molecule has 3 aromatic rings. The molecule has 9 heteroatoms. The maximum absolute atomic E-state index is 12.7. The second kappa shape index (κ2) is 8.40. The molecule has 4 rings (SSSR count). The van der Waals surface area contributed by atoms with E-state index in [9.17, 15) is 9.59 Å². The minimum Gasteiger partial charge on any atom is -0.354 e. The number of ketones is 1. The molecule has 1 aliphatic rings. The van der Waals surface area contributed by atoms with Crippen LogP contribution in [0.5, 0.6) is 0 Å². The molecule has 1 aliphatic heterocycles. The van der Waals surface area contributed by atoms with E-state index in [2.05, 4.69) is 22.2 Å². The molecule has 0 amide bonds. The van der Waals surface area contributed by atoms with E-state index in [-0.39, 0.29) is 17.9 Å². The number of hydrogen-bond acceptors (Lipinski definition) is 8. The normalized spacial score (nSPS) is 14.5. The Hall–Kier alpha value is -2.62. The molecule has 0 aliphatic carbocycles. The van der Waals surface area contributed by atoms with Crippen LogP contribution in [-0.2, 0) is 17.6 Å². The number of hydrogen-bond donors (Lipinski definition) is 2. The van der Waals surface area contributed by atoms with Crippen LogP contribution in [0.15, 0.2) is 29.1 Å². The van der Waals surface area contributed by atoms with Gasteiger partial charge >= 0.3 is 0 Å². The predicted molar refractivity (Wildman–Crippen MR) is 115 cm³/mol. The number of benzene rings is 1. The Morgan fingerprint density at radius 1 is 1.31 bits per heavy atom. The molecular formula is C20H24N6O2S. The minimum absolute atomic E-state index is 0.000279. The van der Waals surface area contributed by atoms with Crippen molar-refractivity contribution in [3.05, 3.63) is 45.7 Å². The number of nitrogens with zero attached hydrogens (tertiary/aromatic N) is 4. The highest BCUT2D eigenvalue weighted by atomic mass is 32.1. The van der Waals surface area contributed by atoms with Crippen LogP contribution >= 0.6 is 11.3 Å². The van der Waals surface area contributed by atoms with Crippen LogP contribution in [0, 0.1) is 0 Å². The number of fused-ring (bicyclic) bond motifs is 1. The van der Waals surface area contributed by atoms with Crippen molar-refractivity contribution in [1.29, 1.82) is 0 Å². The molecule has 8 nitrogen and oxygen atoms in total. The summed E-state index contributed by atoms with van der Waals surface area (Å²) in [5.74, 6) is 0.699. The first-order chi connectivity index (χ1) is 14.1. The topological polar surface area (TPSA) is 106 Å². The van der Waals surface area contributed by atoms with Gasteiger partial charge in [-0.3, -0.25) is 9.59 Å². The van der Waals surface area contributed by atoms with Gasteiger partial charge in [0.25, 0.3) is 5.56 Å². The Bertz CT molecular complexity index is 1100. The number of anilines is 1. The van der Waals surface area contributed by atoms with E-state index < -0.39 is 0 Å². The zero-order valence-corrected chi connectivity index (χ0v) is 17.2. The standard InChI is InChI=1S/C20H24N6O2S/c1-2-15-13(10-14(27)12-21)4-3-5-16(15)19-24-26-18(28)11-17(23-20(26)29-19)25-8-6-22-7-9-25/h3-5,11,22H,2,6-10,12,21H2,1H3. The summed E-state index contributed by atoms with van der Waals surface area (Å²) in [6.45, 7) is 5.49. The first-order valence-electron chi connectivity index (χ1n) is 9.80. The maximum Gasteiger partial charge on any atom is 0.277 e. The average molecular weight is 413 g/mol. The van der Waals surface area contributed by atoms with E-state index >= 15 is 0 Å². The summed E-state index contributed by atoms with van der Waals surface area (Å²) in [6.07, 6.45) is 1.07. The number of rotatable bonds is 6. The Kier molecular flexibility index (Phi) is 5.70. The van der Waals surface area contributed by atoms with Crippen molar-refractivity contribution in [2.24, 2.45) is 5.73 Å². The molecule has 3 heterocycles. The van der Waals surface area contributed by atoms with Crippen molar-refractivity contribution >= 4 is 27.9 Å². The Balaban J connectivity index is 1.76. The first-order valence-corrected chi connectivity index (χ1v) is 10.6. The fraction of sp³-hybridized carbons (Fsp3) is 0.400. The average Bonchev–Trinajstić information content (AvgIpc) is 3.19. The lowest BCUT2D eigenvalue weighted by Crippen LogP contribution is -2.44. The van der Waals surface area contributed by atoms with Crippen LogP contribution in [0.1, 0.15) is 18.1 Å². The van der Waals surface area contributed by atoms with E-state index in [1.165, 1.54) is 15.9 Å². The lowest BCUT2D eigenvalue weighted by molar-refractivity contribution is -0.117. The van der Waals surface area contributed by atoms with Crippen molar-refractivity contribution in [2.45, 2.75) is 19.8 Å². The number of nitrogens with two attached hydrogens (primary N) is 1. The highest BCUT2D eigenvalue weighted by Crippen LogP contribution is 2.30. The van der Waals surface area contributed by atoms with Gasteiger partial charge in [-0.05, 0) is 17.5 Å². The molecule has 1 fully saturated rings. The fourth-order valence-corrected chi connectivity index (χ4v) is 4.62. The van der Waals surface area contributed by atoms with E-state index in [0.717, 1.165) is 54.3 Å². The van der Waals surface area contributed by atoms with Gasteiger partial charge in [-0.2, -0.15) is 9.61 Å². The molecule has 2 aromatic heterocycles. The van der Waals surface area contributed by atoms with Gasteiger partial charge in [0.1, 0.15) is 10.8 Å². The van der Waals surface area contributed by atoms with Crippen molar-refractivity contribution in [1.82, 2.24) is 19.9 Å². The summed E-state index contributed by atoms with van der Waals surface area (Å²) in [5, 5.41) is 8.57. The zero-order chi connectivity index (χ0) is 20.4. The van der Waals surface area contributed by atoms with Gasteiger partial charge < -0.3 is 16.0 Å². The molecule has 0 atom stereocenters. The maximum atomic E-state index is 12.7. The highest BCUT2D eigenvalue weighted by Gasteiger charge is 2.18. The molecule has 152 valence electrons. The van der Waals surface area contributed by atoms with Crippen molar-refractivity contribution in [2.75, 3.05) is 37.6 Å². The Morgan fingerprint density at radius 2 is 2.10 bits per heavy atom. The van der Waals surface area contributed by atoms with Crippen LogP contribution in [-0.4, -0.2) is 53.1 Å². The van der Waals surface area contributed by atoms with Crippen molar-refractivity contribution in [3.8, 4) is 10.6 Å². The Labute approximate surface area is 172 Å². The third-order valence-corrected chi connectivity index (χ3v) is 6.09. The summed E-state index contributed by atoms with van der Waals surface area (Å²) in [5.41, 5.74) is 8.27. The molecule has 0 saturated carbocycles. The third kappa shape index (κ3) is 3.93. The molecule has 0 spiro atoms. The summed E-state index contributed by atoms with van der Waals surface area (Å²) in [7, 11) is 0. The van der Waals surface area contributed by atoms with Gasteiger partial charge in [0.05, 0.1) is 6.54 Å². The fourth-order valence-electron chi connectivity index (χ4n) is 3.67.